The van der Waals surface area contributed by atoms with Crippen LogP contribution in [0, 0.1) is 0 Å². The zero-order valence-corrected chi connectivity index (χ0v) is 7.10. The van der Waals surface area contributed by atoms with Crippen LogP contribution < -0.4 is 11.5 Å². The summed E-state index contributed by atoms with van der Waals surface area (Å²) in [6.07, 6.45) is 0. The Hall–Kier alpha value is -1.39. The Kier molecular flexibility index (Phi) is 3.00. The molecule has 0 amide bonds. The predicted molar refractivity (Wildman–Crippen MR) is 48.9 cm³/mol. The van der Waals surface area contributed by atoms with Gasteiger partial charge in [-0.25, -0.2) is 0 Å². The second-order valence-corrected chi connectivity index (χ2v) is 2.77. The Morgan fingerprint density at radius 3 is 2.77 bits per heavy atom. The number of nitrogens with two attached hydrogens (primary N) is 2. The van der Waals surface area contributed by atoms with Crippen molar-refractivity contribution in [3.8, 4) is 0 Å². The monoisotopic (exact) mass is 180 g/mol. The van der Waals surface area contributed by atoms with Crippen LogP contribution in [-0.2, 0) is 11.3 Å². The van der Waals surface area contributed by atoms with Gasteiger partial charge in [0.2, 0.25) is 0 Å². The molecule has 13 heavy (non-hydrogen) atoms. The van der Waals surface area contributed by atoms with Gasteiger partial charge in [0.25, 0.3) is 0 Å². The number of carboxylic acids is 1. The molecule has 0 fully saturated rings. The summed E-state index contributed by atoms with van der Waals surface area (Å²) >= 11 is 0. The molecule has 4 heteroatoms. The average molecular weight is 180 g/mol. The van der Waals surface area contributed by atoms with Gasteiger partial charge in [0.1, 0.15) is 6.04 Å². The molecular formula is C9H12N2O2. The van der Waals surface area contributed by atoms with E-state index in [4.69, 9.17) is 16.6 Å². The summed E-state index contributed by atoms with van der Waals surface area (Å²) in [4.78, 5) is 10.5. The summed E-state index contributed by atoms with van der Waals surface area (Å²) in [6.45, 7) is 0.389. The second kappa shape index (κ2) is 4.02. The van der Waals surface area contributed by atoms with Crippen molar-refractivity contribution in [3.63, 3.8) is 0 Å². The van der Waals surface area contributed by atoms with Gasteiger partial charge >= 0.3 is 5.97 Å². The van der Waals surface area contributed by atoms with Crippen LogP contribution in [0.3, 0.4) is 0 Å². The first kappa shape index (κ1) is 9.70. The van der Waals surface area contributed by atoms with Crippen LogP contribution in [0.25, 0.3) is 0 Å². The average Bonchev–Trinajstić information content (AvgIpc) is 2.16. The Labute approximate surface area is 76.2 Å². The van der Waals surface area contributed by atoms with Crippen molar-refractivity contribution in [1.29, 1.82) is 0 Å². The van der Waals surface area contributed by atoms with Crippen LogP contribution in [0.4, 0.5) is 0 Å². The number of hydrogen-bond acceptors (Lipinski definition) is 3. The zero-order valence-electron chi connectivity index (χ0n) is 7.10. The van der Waals surface area contributed by atoms with E-state index in [9.17, 15) is 4.79 Å². The van der Waals surface area contributed by atoms with Gasteiger partial charge in [-0.1, -0.05) is 24.3 Å². The van der Waals surface area contributed by atoms with Gasteiger partial charge in [-0.2, -0.15) is 0 Å². The molecule has 0 bridgehead atoms. The normalized spacial score (nSPS) is 12.5. The second-order valence-electron chi connectivity index (χ2n) is 2.77. The molecule has 1 aromatic carbocycles. The van der Waals surface area contributed by atoms with Gasteiger partial charge in [0.15, 0.2) is 0 Å². The fraction of sp³-hybridized carbons (Fsp3) is 0.222. The molecule has 0 aliphatic carbocycles. The van der Waals surface area contributed by atoms with E-state index in [1.807, 2.05) is 6.07 Å². The van der Waals surface area contributed by atoms with E-state index in [-0.39, 0.29) is 0 Å². The molecule has 0 aliphatic heterocycles. The van der Waals surface area contributed by atoms with E-state index < -0.39 is 12.0 Å². The lowest BCUT2D eigenvalue weighted by Gasteiger charge is -2.07. The molecule has 4 nitrogen and oxygen atoms in total. The van der Waals surface area contributed by atoms with Gasteiger partial charge < -0.3 is 16.6 Å². The molecule has 0 unspecified atom stereocenters. The summed E-state index contributed by atoms with van der Waals surface area (Å²) in [6, 6.07) is 6.00. The van der Waals surface area contributed by atoms with Crippen molar-refractivity contribution in [3.05, 3.63) is 35.4 Å². The largest absolute Gasteiger partial charge is 0.480 e. The first-order chi connectivity index (χ1) is 6.15. The van der Waals surface area contributed by atoms with E-state index >= 15 is 0 Å². The van der Waals surface area contributed by atoms with E-state index in [1.54, 1.807) is 18.2 Å². The summed E-state index contributed by atoms with van der Waals surface area (Å²) in [5.74, 6) is -1.03. The van der Waals surface area contributed by atoms with Crippen molar-refractivity contribution in [2.24, 2.45) is 11.5 Å². The maximum absolute atomic E-state index is 10.5. The highest BCUT2D eigenvalue weighted by Gasteiger charge is 2.13. The third kappa shape index (κ3) is 2.27. The highest BCUT2D eigenvalue weighted by atomic mass is 16.4. The molecular weight excluding hydrogens is 168 g/mol. The Morgan fingerprint density at radius 2 is 2.23 bits per heavy atom. The quantitative estimate of drug-likeness (QED) is 0.621. The molecule has 1 atom stereocenters. The summed E-state index contributed by atoms with van der Waals surface area (Å²) in [5, 5.41) is 8.64. The van der Waals surface area contributed by atoms with Crippen molar-refractivity contribution in [2.45, 2.75) is 12.6 Å². The number of carboxylic acid groups (broad SMARTS) is 1. The number of aliphatic carboxylic acids is 1. The Bertz CT molecular complexity index is 312. The maximum Gasteiger partial charge on any atom is 0.325 e. The van der Waals surface area contributed by atoms with Crippen LogP contribution >= 0.6 is 0 Å². The molecule has 0 aliphatic rings. The molecule has 1 rings (SSSR count). The first-order valence-electron chi connectivity index (χ1n) is 3.92. The minimum absolute atomic E-state index is 0.389. The molecule has 0 spiro atoms. The van der Waals surface area contributed by atoms with Gasteiger partial charge in [-0.3, -0.25) is 4.79 Å². The highest BCUT2D eigenvalue weighted by molar-refractivity contribution is 5.75. The molecule has 0 saturated heterocycles. The van der Waals surface area contributed by atoms with Gasteiger partial charge in [0.05, 0.1) is 0 Å². The number of benzene rings is 1. The van der Waals surface area contributed by atoms with Crippen LogP contribution in [-0.4, -0.2) is 11.1 Å². The number of rotatable bonds is 3. The maximum atomic E-state index is 10.5. The van der Waals surface area contributed by atoms with E-state index in [1.165, 1.54) is 0 Å². The molecule has 5 N–H and O–H groups in total. The van der Waals surface area contributed by atoms with Crippen LogP contribution in [0.2, 0.25) is 0 Å². The highest BCUT2D eigenvalue weighted by Crippen LogP contribution is 2.12. The van der Waals surface area contributed by atoms with E-state index in [0.29, 0.717) is 12.1 Å². The summed E-state index contributed by atoms with van der Waals surface area (Å²) in [7, 11) is 0. The van der Waals surface area contributed by atoms with Gasteiger partial charge in [-0.05, 0) is 11.1 Å². The standard InChI is InChI=1S/C9H12N2O2/c10-5-6-2-1-3-7(4-6)8(11)9(12)13/h1-4,8H,5,10-11H2,(H,12,13)/t8-/m1/s1. The molecule has 0 saturated carbocycles. The lowest BCUT2D eigenvalue weighted by Crippen LogP contribution is -2.20. The fourth-order valence-electron chi connectivity index (χ4n) is 1.06. The molecule has 70 valence electrons. The minimum Gasteiger partial charge on any atom is -0.480 e. The molecule has 0 aromatic heterocycles. The third-order valence-electron chi connectivity index (χ3n) is 1.81. The summed E-state index contributed by atoms with van der Waals surface area (Å²) < 4.78 is 0. The van der Waals surface area contributed by atoms with E-state index in [2.05, 4.69) is 0 Å². The van der Waals surface area contributed by atoms with Crippen LogP contribution in [0.1, 0.15) is 17.2 Å². The van der Waals surface area contributed by atoms with Crippen molar-refractivity contribution < 1.29 is 9.90 Å². The smallest absolute Gasteiger partial charge is 0.325 e. The fourth-order valence-corrected chi connectivity index (χ4v) is 1.06. The minimum atomic E-state index is -1.03. The van der Waals surface area contributed by atoms with Crippen molar-refractivity contribution in [2.75, 3.05) is 0 Å². The van der Waals surface area contributed by atoms with Gasteiger partial charge in [0, 0.05) is 6.54 Å². The molecule has 1 aromatic rings. The molecule has 0 radical (unpaired) electrons. The number of carbonyl (C=O) groups is 1. The summed E-state index contributed by atoms with van der Waals surface area (Å²) in [5.41, 5.74) is 12.3. The third-order valence-corrected chi connectivity index (χ3v) is 1.81. The topological polar surface area (TPSA) is 89.3 Å². The zero-order chi connectivity index (χ0) is 9.84. The lowest BCUT2D eigenvalue weighted by molar-refractivity contribution is -0.138. The van der Waals surface area contributed by atoms with Gasteiger partial charge in [-0.15, -0.1) is 0 Å². The van der Waals surface area contributed by atoms with Crippen LogP contribution in [0.5, 0.6) is 0 Å². The van der Waals surface area contributed by atoms with Crippen LogP contribution in [0.15, 0.2) is 24.3 Å². The molecule has 0 heterocycles. The van der Waals surface area contributed by atoms with Crippen molar-refractivity contribution in [1.82, 2.24) is 0 Å². The predicted octanol–water partition coefficient (Wildman–Crippen LogP) is 0.230. The van der Waals surface area contributed by atoms with E-state index in [0.717, 1.165) is 5.56 Å². The Balaban J connectivity index is 2.94. The SMILES string of the molecule is NCc1cccc([C@@H](N)C(=O)O)c1. The van der Waals surface area contributed by atoms with Crippen molar-refractivity contribution >= 4 is 5.97 Å². The first-order valence-corrected chi connectivity index (χ1v) is 3.92. The lowest BCUT2D eigenvalue weighted by atomic mass is 10.1. The Morgan fingerprint density at radius 1 is 1.54 bits per heavy atom. The number of hydrogen-bond donors (Lipinski definition) is 3.